The predicted molar refractivity (Wildman–Crippen MR) is 191 cm³/mol. The molecule has 0 bridgehead atoms. The molecule has 9 nitrogen and oxygen atoms in total. The largest absolute Gasteiger partial charge is 0.495 e. The fraction of sp³-hybridized carbons (Fsp3) is 0.417. The summed E-state index contributed by atoms with van der Waals surface area (Å²) in [7, 11) is -1.73. The summed E-state index contributed by atoms with van der Waals surface area (Å²) in [4.78, 5) is 42.1. The minimum atomic E-state index is -3.11. The zero-order chi connectivity index (χ0) is 35.6. The Morgan fingerprint density at radius 3 is 2.27 bits per heavy atom. The summed E-state index contributed by atoms with van der Waals surface area (Å²) in [5, 5.41) is 12.8. The number of benzene rings is 3. The second-order valence-corrected chi connectivity index (χ2v) is 16.9. The van der Waals surface area contributed by atoms with Gasteiger partial charge in [0.1, 0.15) is 5.75 Å². The Bertz CT molecular complexity index is 1780. The first kappa shape index (κ1) is 37.2. The van der Waals surface area contributed by atoms with Gasteiger partial charge in [-0.3, -0.25) is 14.4 Å². The van der Waals surface area contributed by atoms with Crippen molar-refractivity contribution in [1.82, 2.24) is 4.90 Å². The number of nitrogens with zero attached hydrogens (tertiary/aromatic N) is 1. The number of methoxy groups -OCH3 is 1. The molecular formula is C36H43Cl2N3O6S. The lowest BCUT2D eigenvalue weighted by Gasteiger charge is -2.53. The minimum absolute atomic E-state index is 0.000358. The maximum Gasteiger partial charge on any atom is 0.335 e. The summed E-state index contributed by atoms with van der Waals surface area (Å²) in [6, 6.07) is 17.7. The molecule has 0 saturated carbocycles. The fourth-order valence-corrected chi connectivity index (χ4v) is 8.19. The highest BCUT2D eigenvalue weighted by Crippen LogP contribution is 2.53. The number of likely N-dealkylation sites (tertiary alicyclic amines) is 1. The average Bonchev–Trinajstić information content (AvgIpc) is 3.01. The summed E-state index contributed by atoms with van der Waals surface area (Å²) in [6.45, 7) is 9.17. The minimum Gasteiger partial charge on any atom is -0.495 e. The van der Waals surface area contributed by atoms with E-state index in [0.717, 1.165) is 11.1 Å². The number of halogens is 2. The van der Waals surface area contributed by atoms with Crippen LogP contribution in [0.15, 0.2) is 66.7 Å². The lowest BCUT2D eigenvalue weighted by molar-refractivity contribution is -0.157. The lowest BCUT2D eigenvalue weighted by atomic mass is 9.66. The smallest absolute Gasteiger partial charge is 0.335 e. The molecule has 3 aromatic carbocycles. The number of carboxylic acid groups (broad SMARTS) is 1. The monoisotopic (exact) mass is 715 g/mol. The van der Waals surface area contributed by atoms with Crippen LogP contribution < -0.4 is 10.1 Å². The molecule has 1 aliphatic heterocycles. The summed E-state index contributed by atoms with van der Waals surface area (Å²) in [5.74, 6) is -2.27. The number of aromatic carboxylic acids is 1. The molecule has 1 saturated heterocycles. The van der Waals surface area contributed by atoms with Crippen LogP contribution in [0.2, 0.25) is 10.0 Å². The van der Waals surface area contributed by atoms with Gasteiger partial charge in [-0.05, 0) is 65.9 Å². The first-order valence-corrected chi connectivity index (χ1v) is 18.3. The Morgan fingerprint density at radius 2 is 1.71 bits per heavy atom. The Balaban J connectivity index is 1.86. The predicted octanol–water partition coefficient (Wildman–Crippen LogP) is 8.27. The molecule has 2 amide bonds. The molecule has 4 rings (SSSR count). The number of amides is 2. The van der Waals surface area contributed by atoms with Crippen molar-refractivity contribution in [2.75, 3.05) is 18.2 Å². The fourth-order valence-electron chi connectivity index (χ4n) is 6.43. The Labute approximate surface area is 292 Å². The van der Waals surface area contributed by atoms with Gasteiger partial charge < -0.3 is 20.1 Å². The third-order valence-electron chi connectivity index (χ3n) is 9.17. The van der Waals surface area contributed by atoms with Crippen molar-refractivity contribution >= 4 is 56.4 Å². The second kappa shape index (κ2) is 14.9. The topological polar surface area (TPSA) is 137 Å². The van der Waals surface area contributed by atoms with Crippen molar-refractivity contribution in [3.8, 4) is 5.75 Å². The number of nitrogens with one attached hydrogen (secondary N) is 2. The number of hydrogen-bond acceptors (Lipinski definition) is 6. The van der Waals surface area contributed by atoms with Gasteiger partial charge >= 0.3 is 5.97 Å². The molecule has 1 aliphatic rings. The van der Waals surface area contributed by atoms with Crippen molar-refractivity contribution in [2.45, 2.75) is 70.7 Å². The Morgan fingerprint density at radius 1 is 1.04 bits per heavy atom. The van der Waals surface area contributed by atoms with Gasteiger partial charge in [-0.2, -0.15) is 0 Å². The second-order valence-electron chi connectivity index (χ2n) is 13.3. The molecule has 1 heterocycles. The number of carboxylic acids is 1. The lowest BCUT2D eigenvalue weighted by Crippen LogP contribution is -2.59. The van der Waals surface area contributed by atoms with Crippen LogP contribution in [0.4, 0.5) is 5.69 Å². The van der Waals surface area contributed by atoms with E-state index in [0.29, 0.717) is 10.0 Å². The van der Waals surface area contributed by atoms with Gasteiger partial charge in [-0.1, -0.05) is 82.1 Å². The number of rotatable bonds is 12. The number of ether oxygens (including phenoxy) is 1. The van der Waals surface area contributed by atoms with E-state index in [1.165, 1.54) is 25.3 Å². The van der Waals surface area contributed by atoms with E-state index in [9.17, 15) is 18.9 Å². The van der Waals surface area contributed by atoms with Crippen molar-refractivity contribution in [3.63, 3.8) is 0 Å². The van der Waals surface area contributed by atoms with Crippen LogP contribution in [-0.2, 0) is 19.3 Å². The molecule has 258 valence electrons. The zero-order valence-corrected chi connectivity index (χ0v) is 30.3. The number of carbonyl (C=O) groups is 3. The standard InChI is InChI=1S/C36H43Cl2N3O6S/c1-21(2)30(20-48(39,46)22(3)4)41-33(23-10-13-26(37)14-11-23)28(24-8-7-9-27(38)16-24)18-36(5,35(41)45)19-32(42)40-29-15-12-25(34(43)44)17-31(29)47-6/h7-17,21-22,28,30,33,39H,18-20H2,1-6H3,(H,40,42)(H,43,44)/t28-,30?,33-,36-,48?/m1/s1. The maximum absolute atomic E-state index is 15.0. The van der Waals surface area contributed by atoms with E-state index >= 15 is 4.79 Å². The van der Waals surface area contributed by atoms with Crippen LogP contribution in [0.3, 0.4) is 0 Å². The van der Waals surface area contributed by atoms with E-state index in [-0.39, 0.29) is 53.3 Å². The van der Waals surface area contributed by atoms with Gasteiger partial charge in [0, 0.05) is 43.4 Å². The Hall–Kier alpha value is -3.60. The molecule has 12 heteroatoms. The third kappa shape index (κ3) is 8.15. The molecule has 3 N–H and O–H groups in total. The molecule has 0 spiro atoms. The molecule has 48 heavy (non-hydrogen) atoms. The number of carbonyl (C=O) groups excluding carboxylic acids is 2. The normalized spacial score (nSPS) is 21.5. The first-order chi connectivity index (χ1) is 22.5. The zero-order valence-electron chi connectivity index (χ0n) is 28.0. The number of hydrogen-bond donors (Lipinski definition) is 3. The molecule has 2 unspecified atom stereocenters. The SMILES string of the molecule is COc1cc(C(=O)O)ccc1NC(=O)C[C@@]1(C)C[C@H](c2cccc(Cl)c2)[C@@H](c2ccc(Cl)cc2)N(C(CS(=N)(=O)C(C)C)C(C)C)C1=O. The van der Waals surface area contributed by atoms with E-state index < -0.39 is 44.4 Å². The third-order valence-corrected chi connectivity index (χ3v) is 12.0. The quantitative estimate of drug-likeness (QED) is 0.173. The summed E-state index contributed by atoms with van der Waals surface area (Å²) < 4.78 is 27.8. The van der Waals surface area contributed by atoms with E-state index in [2.05, 4.69) is 5.32 Å². The van der Waals surface area contributed by atoms with E-state index in [4.69, 9.17) is 32.7 Å². The Kier molecular flexibility index (Phi) is 11.5. The molecular weight excluding hydrogens is 673 g/mol. The van der Waals surface area contributed by atoms with Crippen molar-refractivity contribution < 1.29 is 28.4 Å². The van der Waals surface area contributed by atoms with Crippen LogP contribution in [0.1, 0.15) is 80.9 Å². The van der Waals surface area contributed by atoms with Crippen molar-refractivity contribution in [2.24, 2.45) is 11.3 Å². The summed E-state index contributed by atoms with van der Waals surface area (Å²) in [5.41, 5.74) is 0.726. The van der Waals surface area contributed by atoms with E-state index in [1.807, 2.05) is 44.2 Å². The molecule has 0 radical (unpaired) electrons. The van der Waals surface area contributed by atoms with Crippen LogP contribution in [-0.4, -0.2) is 56.2 Å². The van der Waals surface area contributed by atoms with Gasteiger partial charge in [0.2, 0.25) is 11.8 Å². The van der Waals surface area contributed by atoms with Gasteiger partial charge in [-0.25, -0.2) is 9.00 Å². The number of piperidine rings is 1. The van der Waals surface area contributed by atoms with E-state index in [1.54, 1.807) is 43.9 Å². The molecule has 0 aliphatic carbocycles. The summed E-state index contributed by atoms with van der Waals surface area (Å²) in [6.07, 6.45) is 0.0749. The molecule has 5 atom stereocenters. The molecule has 0 aromatic heterocycles. The van der Waals surface area contributed by atoms with Gasteiger partial charge in [0.05, 0.1) is 35.6 Å². The van der Waals surface area contributed by atoms with Crippen LogP contribution in [0.25, 0.3) is 0 Å². The molecule has 1 fully saturated rings. The molecule has 3 aromatic rings. The number of anilines is 1. The highest BCUT2D eigenvalue weighted by Gasteiger charge is 2.53. The van der Waals surface area contributed by atoms with Gasteiger partial charge in [0.15, 0.2) is 0 Å². The highest BCUT2D eigenvalue weighted by molar-refractivity contribution is 7.93. The van der Waals surface area contributed by atoms with Gasteiger partial charge in [-0.15, -0.1) is 0 Å². The average molecular weight is 717 g/mol. The van der Waals surface area contributed by atoms with Crippen molar-refractivity contribution in [3.05, 3.63) is 93.5 Å². The summed E-state index contributed by atoms with van der Waals surface area (Å²) >= 11 is 12.8. The van der Waals surface area contributed by atoms with Crippen molar-refractivity contribution in [1.29, 1.82) is 4.78 Å². The van der Waals surface area contributed by atoms with Crippen LogP contribution in [0, 0.1) is 16.1 Å². The first-order valence-electron chi connectivity index (χ1n) is 15.8. The van der Waals surface area contributed by atoms with Crippen LogP contribution >= 0.6 is 23.2 Å². The van der Waals surface area contributed by atoms with Gasteiger partial charge in [0.25, 0.3) is 0 Å². The van der Waals surface area contributed by atoms with Crippen LogP contribution in [0.5, 0.6) is 5.75 Å². The highest BCUT2D eigenvalue weighted by atomic mass is 35.5. The maximum atomic E-state index is 15.0.